The molecule has 2 aliphatic rings. The number of anilines is 1. The number of nitrogens with zero attached hydrogens (tertiary/aromatic N) is 2. The normalized spacial score (nSPS) is 17.3. The van der Waals surface area contributed by atoms with E-state index in [4.69, 9.17) is 37.9 Å². The van der Waals surface area contributed by atoms with Gasteiger partial charge in [-0.25, -0.2) is 14.6 Å². The lowest BCUT2D eigenvalue weighted by molar-refractivity contribution is -0.141. The van der Waals surface area contributed by atoms with Crippen molar-refractivity contribution in [1.82, 2.24) is 4.98 Å². The molecule has 0 amide bonds. The van der Waals surface area contributed by atoms with E-state index in [-0.39, 0.29) is 35.7 Å². The number of aromatic nitrogens is 1. The monoisotopic (exact) mass is 1060 g/mol. The predicted molar refractivity (Wildman–Crippen MR) is 294 cm³/mol. The maximum Gasteiger partial charge on any atom is 0.330 e. The van der Waals surface area contributed by atoms with E-state index in [1.807, 2.05) is 72.8 Å². The van der Waals surface area contributed by atoms with Gasteiger partial charge in [-0.2, -0.15) is 5.10 Å². The summed E-state index contributed by atoms with van der Waals surface area (Å²) in [6, 6.07) is 28.1. The molecule has 76 heavy (non-hydrogen) atoms. The largest absolute Gasteiger partial charge is 0.494 e. The van der Waals surface area contributed by atoms with Gasteiger partial charge in [0.1, 0.15) is 34.5 Å². The predicted octanol–water partition coefficient (Wildman–Crippen LogP) is 12.7. The first-order chi connectivity index (χ1) is 37.2. The number of carbonyl (C=O) groups is 4. The summed E-state index contributed by atoms with van der Waals surface area (Å²) in [5.41, 5.74) is 4.34. The number of esters is 4. The Kier molecular flexibility index (Phi) is 23.1. The second kappa shape index (κ2) is 31.0. The highest BCUT2D eigenvalue weighted by atomic mass is 32.1. The number of hydrazone groups is 1. The summed E-state index contributed by atoms with van der Waals surface area (Å²) >= 11 is 1.47. The van der Waals surface area contributed by atoms with Gasteiger partial charge in [-0.05, 0) is 193 Å². The molecule has 1 heterocycles. The number of rotatable bonds is 31. The summed E-state index contributed by atoms with van der Waals surface area (Å²) < 4.78 is 47.1. The van der Waals surface area contributed by atoms with Gasteiger partial charge in [0.15, 0.2) is 0 Å². The van der Waals surface area contributed by atoms with E-state index in [0.717, 1.165) is 110 Å². The summed E-state index contributed by atoms with van der Waals surface area (Å²) in [5.74, 6) is 2.49. The second-order valence-corrected chi connectivity index (χ2v) is 20.2. The lowest BCUT2D eigenvalue weighted by Gasteiger charge is -2.27. The lowest BCUT2D eigenvalue weighted by atomic mass is 9.82. The van der Waals surface area contributed by atoms with Gasteiger partial charge < -0.3 is 37.9 Å². The Labute approximate surface area is 449 Å². The topological polar surface area (TPSA) is 179 Å². The molecule has 5 aromatic rings. The van der Waals surface area contributed by atoms with E-state index in [0.29, 0.717) is 99.4 Å². The standard InChI is InChI=1S/C60H71N3O12S/c1-3-56(64)70-37-13-7-5-11-35-68-48-25-29-50(30-26-48)72-41-43-17-21-45(22-18-43)58(66)74-52-33-34-54(47(39-52)40-61-63-60-62-53-15-9-10-16-55(53)76-60)75-59(67)46-23-19-44(20-24-46)42-73-51-31-27-49(28-32-51)69-36-12-6-8-14-38-71-57(65)4-2/h3-4,9-10,15-16,25-34,39-40,43-46H,1-2,5-8,11-14,17-24,35-38,41-42H2,(H,62,63)/b61-40+. The summed E-state index contributed by atoms with van der Waals surface area (Å²) in [6.07, 6.45) is 17.3. The van der Waals surface area contributed by atoms with Gasteiger partial charge in [0.25, 0.3) is 0 Å². The van der Waals surface area contributed by atoms with Crippen molar-refractivity contribution >= 4 is 56.8 Å². The molecule has 2 fully saturated rings. The minimum atomic E-state index is -0.388. The molecule has 0 aliphatic heterocycles. The minimum Gasteiger partial charge on any atom is -0.494 e. The molecule has 2 aliphatic carbocycles. The van der Waals surface area contributed by atoms with Crippen molar-refractivity contribution in [1.29, 1.82) is 0 Å². The fourth-order valence-electron chi connectivity index (χ4n) is 9.03. The van der Waals surface area contributed by atoms with Crippen LogP contribution in [0.4, 0.5) is 5.13 Å². The van der Waals surface area contributed by atoms with Crippen LogP contribution < -0.4 is 33.8 Å². The van der Waals surface area contributed by atoms with Gasteiger partial charge in [-0.1, -0.05) is 36.6 Å². The van der Waals surface area contributed by atoms with Crippen LogP contribution in [0.2, 0.25) is 0 Å². The zero-order valence-electron chi connectivity index (χ0n) is 43.4. The van der Waals surface area contributed by atoms with Gasteiger partial charge in [0.05, 0.1) is 67.9 Å². The maximum atomic E-state index is 13.7. The third-order valence-corrected chi connectivity index (χ3v) is 14.4. The highest BCUT2D eigenvalue weighted by Gasteiger charge is 2.30. The number of para-hydroxylation sites is 1. The zero-order chi connectivity index (χ0) is 53.2. The number of ether oxygens (including phenoxy) is 8. The van der Waals surface area contributed by atoms with E-state index < -0.39 is 0 Å². The molecule has 1 N–H and O–H groups in total. The molecule has 0 saturated heterocycles. The Morgan fingerprint density at radius 2 is 1.01 bits per heavy atom. The van der Waals surface area contributed by atoms with Crippen LogP contribution in [0.5, 0.6) is 34.5 Å². The number of nitrogens with one attached hydrogen (secondary N) is 1. The maximum absolute atomic E-state index is 13.7. The van der Waals surface area contributed by atoms with Gasteiger partial charge in [-0.15, -0.1) is 0 Å². The number of fused-ring (bicyclic) bond motifs is 1. The molecule has 0 bridgehead atoms. The molecule has 0 atom stereocenters. The molecule has 0 unspecified atom stereocenters. The lowest BCUT2D eigenvalue weighted by Crippen LogP contribution is -2.28. The Bertz CT molecular complexity index is 2620. The van der Waals surface area contributed by atoms with Crippen LogP contribution in [-0.4, -0.2) is 74.7 Å². The Hall–Kier alpha value is -7.20. The number of benzene rings is 4. The summed E-state index contributed by atoms with van der Waals surface area (Å²) in [4.78, 5) is 54.1. The molecular weight excluding hydrogens is 987 g/mol. The van der Waals surface area contributed by atoms with Crippen molar-refractivity contribution < 1.29 is 57.1 Å². The van der Waals surface area contributed by atoms with Gasteiger partial charge in [0, 0.05) is 17.7 Å². The van der Waals surface area contributed by atoms with Crippen molar-refractivity contribution in [3.8, 4) is 34.5 Å². The highest BCUT2D eigenvalue weighted by molar-refractivity contribution is 7.22. The van der Waals surface area contributed by atoms with Crippen LogP contribution in [0.1, 0.15) is 108 Å². The smallest absolute Gasteiger partial charge is 0.330 e. The van der Waals surface area contributed by atoms with Crippen molar-refractivity contribution in [3.63, 3.8) is 0 Å². The van der Waals surface area contributed by atoms with Crippen molar-refractivity contribution in [2.75, 3.05) is 45.1 Å². The van der Waals surface area contributed by atoms with Gasteiger partial charge >= 0.3 is 23.9 Å². The average molecular weight is 1060 g/mol. The molecule has 0 radical (unpaired) electrons. The summed E-state index contributed by atoms with van der Waals surface area (Å²) in [5, 5.41) is 5.06. The van der Waals surface area contributed by atoms with Crippen LogP contribution >= 0.6 is 11.3 Å². The third-order valence-electron chi connectivity index (χ3n) is 13.5. The molecule has 2 saturated carbocycles. The number of carbonyl (C=O) groups excluding carboxylic acids is 4. The quantitative estimate of drug-likeness (QED) is 0.0111. The molecule has 16 heteroatoms. The summed E-state index contributed by atoms with van der Waals surface area (Å²) in [7, 11) is 0. The SMILES string of the molecule is C=CC(=O)OCCCCCCOc1ccc(OCC2CCC(C(=O)Oc3ccc(OC(=O)C4CCC(COc5ccc(OCCCCCCOC(=O)C=C)cc5)CC4)c(/C=N/Nc4nc5ccccc5s4)c3)CC2)cc1. The summed E-state index contributed by atoms with van der Waals surface area (Å²) in [6.45, 7) is 9.94. The molecule has 15 nitrogen and oxygen atoms in total. The minimum absolute atomic E-state index is 0.250. The van der Waals surface area contributed by atoms with E-state index in [1.54, 1.807) is 24.4 Å². The van der Waals surface area contributed by atoms with Crippen LogP contribution in [0.15, 0.2) is 121 Å². The van der Waals surface area contributed by atoms with E-state index in [1.165, 1.54) is 23.5 Å². The van der Waals surface area contributed by atoms with E-state index in [2.05, 4.69) is 28.7 Å². The van der Waals surface area contributed by atoms with E-state index >= 15 is 0 Å². The zero-order valence-corrected chi connectivity index (χ0v) is 44.2. The second-order valence-electron chi connectivity index (χ2n) is 19.2. The molecule has 1 aromatic heterocycles. The fraction of sp³-hybridized carbons (Fsp3) is 0.433. The molecule has 404 valence electrons. The Balaban J connectivity index is 0.829. The number of hydrogen-bond acceptors (Lipinski definition) is 16. The first-order valence-electron chi connectivity index (χ1n) is 26.7. The Morgan fingerprint density at radius 3 is 1.51 bits per heavy atom. The van der Waals surface area contributed by atoms with Crippen LogP contribution in [0.25, 0.3) is 10.2 Å². The number of hydrogen-bond donors (Lipinski definition) is 1. The first-order valence-corrected chi connectivity index (χ1v) is 27.5. The van der Waals surface area contributed by atoms with Crippen molar-refractivity contribution in [2.45, 2.75) is 103 Å². The van der Waals surface area contributed by atoms with Crippen LogP contribution in [0.3, 0.4) is 0 Å². The number of thiazole rings is 1. The van der Waals surface area contributed by atoms with E-state index in [9.17, 15) is 19.2 Å². The molecule has 0 spiro atoms. The first kappa shape index (κ1) is 56.5. The van der Waals surface area contributed by atoms with Crippen molar-refractivity contribution in [3.05, 3.63) is 122 Å². The van der Waals surface area contributed by atoms with Crippen LogP contribution in [-0.2, 0) is 28.7 Å². The molecule has 7 rings (SSSR count). The van der Waals surface area contributed by atoms with Crippen molar-refractivity contribution in [2.24, 2.45) is 28.8 Å². The third kappa shape index (κ3) is 19.2. The van der Waals surface area contributed by atoms with Gasteiger partial charge in [0.2, 0.25) is 5.13 Å². The molecule has 4 aromatic carbocycles. The van der Waals surface area contributed by atoms with Crippen LogP contribution in [0, 0.1) is 23.7 Å². The fourth-order valence-corrected chi connectivity index (χ4v) is 9.85. The van der Waals surface area contributed by atoms with Gasteiger partial charge in [-0.3, -0.25) is 15.0 Å². The molecular formula is C60H71N3O12S. The highest BCUT2D eigenvalue weighted by Crippen LogP contribution is 2.35. The average Bonchev–Trinajstić information content (AvgIpc) is 3.87. The number of unbranched alkanes of at least 4 members (excludes halogenated alkanes) is 6. The Morgan fingerprint density at radius 1 is 0.553 bits per heavy atom.